The Morgan fingerprint density at radius 1 is 1.34 bits per heavy atom. The van der Waals surface area contributed by atoms with Gasteiger partial charge in [0.1, 0.15) is 6.26 Å². The van der Waals surface area contributed by atoms with Gasteiger partial charge in [-0.2, -0.15) is 0 Å². The van der Waals surface area contributed by atoms with Crippen LogP contribution in [0.3, 0.4) is 0 Å². The molecule has 3 N–H and O–H groups in total. The molecule has 2 aliphatic rings. The Morgan fingerprint density at radius 2 is 2.12 bits per heavy atom. The fourth-order valence-corrected chi connectivity index (χ4v) is 4.20. The zero-order valence-electron chi connectivity index (χ0n) is 17.6. The Morgan fingerprint density at radius 3 is 2.84 bits per heavy atom. The first-order valence-corrected chi connectivity index (χ1v) is 10.5. The van der Waals surface area contributed by atoms with Crippen LogP contribution < -0.4 is 5.32 Å². The first-order chi connectivity index (χ1) is 15.3. The summed E-state index contributed by atoms with van der Waals surface area (Å²) >= 11 is 0. The molecule has 2 heterocycles. The van der Waals surface area contributed by atoms with E-state index in [1.165, 1.54) is 12.7 Å². The number of rotatable bonds is 5. The van der Waals surface area contributed by atoms with Crippen molar-refractivity contribution < 1.29 is 23.1 Å². The van der Waals surface area contributed by atoms with Crippen molar-refractivity contribution in [2.24, 2.45) is 0 Å². The van der Waals surface area contributed by atoms with Gasteiger partial charge >= 0.3 is 0 Å². The number of hydrogen-bond donors (Lipinski definition) is 3. The lowest BCUT2D eigenvalue weighted by atomic mass is 9.89. The summed E-state index contributed by atoms with van der Waals surface area (Å²) in [6.45, 7) is 1.56. The standard InChI is InChI=1S/C22H24FN5O4/c1-12(23)19(24)32-20(25)13-6-7-14-9-28(22(30)15(14)8-13)18-5-3-2-4-16(18)27-21(29)17-10-31-11-26-17/h6-8,10-12,16,18,24-25H,2-5,9H2,1H3,(H,27,29)/t12?,16-,18-/m1/s1. The average molecular weight is 441 g/mol. The minimum atomic E-state index is -1.63. The summed E-state index contributed by atoms with van der Waals surface area (Å²) in [6.07, 6.45) is 4.27. The lowest BCUT2D eigenvalue weighted by Gasteiger charge is -2.38. The molecule has 1 aromatic heterocycles. The summed E-state index contributed by atoms with van der Waals surface area (Å²) in [5, 5.41) is 18.4. The molecule has 2 amide bonds. The van der Waals surface area contributed by atoms with Crippen LogP contribution in [-0.2, 0) is 11.3 Å². The number of benzene rings is 1. The molecule has 0 saturated heterocycles. The van der Waals surface area contributed by atoms with Gasteiger partial charge < -0.3 is 19.4 Å². The van der Waals surface area contributed by atoms with Crippen molar-refractivity contribution in [1.82, 2.24) is 15.2 Å². The summed E-state index contributed by atoms with van der Waals surface area (Å²) in [5.74, 6) is -1.56. The minimum absolute atomic E-state index is 0.167. The molecule has 1 aromatic carbocycles. The van der Waals surface area contributed by atoms with Crippen molar-refractivity contribution in [3.05, 3.63) is 53.2 Å². The molecule has 0 bridgehead atoms. The molecule has 10 heteroatoms. The lowest BCUT2D eigenvalue weighted by molar-refractivity contribution is 0.0581. The van der Waals surface area contributed by atoms with Gasteiger partial charge in [0.2, 0.25) is 11.8 Å². The number of oxazole rings is 1. The van der Waals surface area contributed by atoms with Crippen molar-refractivity contribution >= 4 is 23.6 Å². The number of nitrogens with zero attached hydrogens (tertiary/aromatic N) is 2. The van der Waals surface area contributed by atoms with E-state index in [-0.39, 0.29) is 35.5 Å². The average Bonchev–Trinajstić information content (AvgIpc) is 3.42. The van der Waals surface area contributed by atoms with Crippen LogP contribution in [0.2, 0.25) is 0 Å². The molecule has 4 rings (SSSR count). The Labute approximate surface area is 184 Å². The summed E-state index contributed by atoms with van der Waals surface area (Å²) in [4.78, 5) is 31.3. The summed E-state index contributed by atoms with van der Waals surface area (Å²) in [6, 6.07) is 4.54. The second kappa shape index (κ2) is 8.89. The largest absolute Gasteiger partial charge is 0.451 e. The SMILES string of the molecule is CC(F)C(=N)OC(=N)c1ccc2c(c1)C(=O)N([C@@H]1CCCC[C@H]1NC(=O)c1cocn1)C2. The van der Waals surface area contributed by atoms with E-state index in [9.17, 15) is 14.0 Å². The molecular weight excluding hydrogens is 417 g/mol. The first kappa shape index (κ1) is 21.7. The monoisotopic (exact) mass is 441 g/mol. The Bertz CT molecular complexity index is 1050. The molecule has 1 unspecified atom stereocenters. The number of nitrogens with one attached hydrogen (secondary N) is 3. The molecule has 1 saturated carbocycles. The number of alkyl halides is 1. The number of carbonyl (C=O) groups is 2. The van der Waals surface area contributed by atoms with Crippen molar-refractivity contribution in [1.29, 1.82) is 10.8 Å². The number of fused-ring (bicyclic) bond motifs is 1. The van der Waals surface area contributed by atoms with Gasteiger partial charge in [-0.25, -0.2) is 9.37 Å². The Balaban J connectivity index is 1.50. The van der Waals surface area contributed by atoms with Crippen molar-refractivity contribution in [3.63, 3.8) is 0 Å². The van der Waals surface area contributed by atoms with E-state index in [4.69, 9.17) is 20.0 Å². The van der Waals surface area contributed by atoms with E-state index in [0.29, 0.717) is 17.7 Å². The lowest BCUT2D eigenvalue weighted by Crippen LogP contribution is -2.53. The summed E-state index contributed by atoms with van der Waals surface area (Å²) in [7, 11) is 0. The molecule has 32 heavy (non-hydrogen) atoms. The fourth-order valence-electron chi connectivity index (χ4n) is 4.20. The number of halogens is 1. The number of carbonyl (C=O) groups excluding carboxylic acids is 2. The highest BCUT2D eigenvalue weighted by Gasteiger charge is 2.39. The Hall–Kier alpha value is -3.56. The maximum Gasteiger partial charge on any atom is 0.273 e. The highest BCUT2D eigenvalue weighted by atomic mass is 19.1. The number of aromatic nitrogens is 1. The molecule has 1 aliphatic carbocycles. The van der Waals surface area contributed by atoms with Crippen LogP contribution in [0, 0.1) is 10.8 Å². The van der Waals surface area contributed by atoms with Gasteiger partial charge in [-0.05, 0) is 37.5 Å². The molecule has 9 nitrogen and oxygen atoms in total. The molecule has 168 valence electrons. The molecular formula is C22H24FN5O4. The summed E-state index contributed by atoms with van der Waals surface area (Å²) in [5.41, 5.74) is 1.75. The van der Waals surface area contributed by atoms with Crippen LogP contribution in [-0.4, -0.2) is 51.7 Å². The zero-order valence-corrected chi connectivity index (χ0v) is 17.6. The normalized spacial score (nSPS) is 21.1. The summed E-state index contributed by atoms with van der Waals surface area (Å²) < 4.78 is 23.0. The second-order valence-electron chi connectivity index (χ2n) is 8.02. The maximum atomic E-state index is 13.2. The zero-order chi connectivity index (χ0) is 22.8. The van der Waals surface area contributed by atoms with Crippen LogP contribution >= 0.6 is 0 Å². The van der Waals surface area contributed by atoms with E-state index < -0.39 is 12.1 Å². The third-order valence-corrected chi connectivity index (χ3v) is 5.89. The van der Waals surface area contributed by atoms with E-state index >= 15 is 0 Å². The van der Waals surface area contributed by atoms with Crippen molar-refractivity contribution in [2.75, 3.05) is 0 Å². The number of amides is 2. The number of hydrogen-bond acceptors (Lipinski definition) is 7. The fraction of sp³-hybridized carbons (Fsp3) is 0.409. The van der Waals surface area contributed by atoms with Crippen LogP contribution in [0.1, 0.15) is 64.6 Å². The van der Waals surface area contributed by atoms with Crippen LogP contribution in [0.5, 0.6) is 0 Å². The minimum Gasteiger partial charge on any atom is -0.451 e. The van der Waals surface area contributed by atoms with Gasteiger partial charge in [0.25, 0.3) is 11.8 Å². The van der Waals surface area contributed by atoms with Gasteiger partial charge in [0, 0.05) is 23.7 Å². The van der Waals surface area contributed by atoms with Crippen molar-refractivity contribution in [3.8, 4) is 0 Å². The van der Waals surface area contributed by atoms with Gasteiger partial charge in [0.15, 0.2) is 18.3 Å². The predicted molar refractivity (Wildman–Crippen MR) is 113 cm³/mol. The van der Waals surface area contributed by atoms with E-state index in [1.807, 2.05) is 0 Å². The highest BCUT2D eigenvalue weighted by Crippen LogP contribution is 2.32. The molecule has 0 spiro atoms. The third kappa shape index (κ3) is 4.25. The van der Waals surface area contributed by atoms with Gasteiger partial charge in [-0.3, -0.25) is 20.4 Å². The quantitative estimate of drug-likeness (QED) is 0.485. The third-order valence-electron chi connectivity index (χ3n) is 5.89. The molecule has 2 aromatic rings. The first-order valence-electron chi connectivity index (χ1n) is 10.5. The van der Waals surface area contributed by atoms with Crippen LogP contribution in [0.25, 0.3) is 0 Å². The Kier molecular flexibility index (Phi) is 6.02. The molecule has 0 radical (unpaired) electrons. The van der Waals surface area contributed by atoms with Crippen LogP contribution in [0.15, 0.2) is 35.3 Å². The number of ether oxygens (including phenoxy) is 1. The highest BCUT2D eigenvalue weighted by molar-refractivity contribution is 6.04. The topological polar surface area (TPSA) is 132 Å². The van der Waals surface area contributed by atoms with E-state index in [0.717, 1.165) is 38.2 Å². The molecule has 1 aliphatic heterocycles. The van der Waals surface area contributed by atoms with Gasteiger partial charge in [-0.15, -0.1) is 0 Å². The van der Waals surface area contributed by atoms with E-state index in [2.05, 4.69) is 10.3 Å². The second-order valence-corrected chi connectivity index (χ2v) is 8.02. The predicted octanol–water partition coefficient (Wildman–Crippen LogP) is 3.05. The maximum absolute atomic E-state index is 13.2. The van der Waals surface area contributed by atoms with Crippen LogP contribution in [0.4, 0.5) is 4.39 Å². The van der Waals surface area contributed by atoms with Gasteiger partial charge in [0.05, 0.1) is 6.04 Å². The van der Waals surface area contributed by atoms with E-state index in [1.54, 1.807) is 23.1 Å². The van der Waals surface area contributed by atoms with Crippen molar-refractivity contribution in [2.45, 2.75) is 57.4 Å². The molecule has 1 fully saturated rings. The molecule has 3 atom stereocenters. The smallest absolute Gasteiger partial charge is 0.273 e. The van der Waals surface area contributed by atoms with Gasteiger partial charge in [-0.1, -0.05) is 18.9 Å².